The molecule has 1 aromatic rings. The van der Waals surface area contributed by atoms with Crippen LogP contribution in [0.5, 0.6) is 0 Å². The molecule has 2 nitrogen and oxygen atoms in total. The molecule has 1 rings (SSSR count). The molecule has 0 radical (unpaired) electrons. The van der Waals surface area contributed by atoms with Crippen molar-refractivity contribution in [2.45, 2.75) is 13.2 Å². The summed E-state index contributed by atoms with van der Waals surface area (Å²) in [6, 6.07) is 9.17. The molecule has 0 spiro atoms. The Bertz CT molecular complexity index is 216. The molecule has 0 fully saturated rings. The molecule has 0 saturated heterocycles. The highest BCUT2D eigenvalue weighted by molar-refractivity contribution is 5.13. The zero-order chi connectivity index (χ0) is 8.81. The first-order valence-corrected chi connectivity index (χ1v) is 3.49. The predicted octanol–water partition coefficient (Wildman–Crippen LogP) is 1.93. The zero-order valence-electron chi connectivity index (χ0n) is 6.34. The van der Waals surface area contributed by atoms with Crippen LogP contribution in [0.4, 0.5) is 8.78 Å². The van der Waals surface area contributed by atoms with Gasteiger partial charge >= 0.3 is 6.61 Å². The summed E-state index contributed by atoms with van der Waals surface area (Å²) in [5.41, 5.74) is 3.05. The molecule has 0 amide bonds. The average Bonchev–Trinajstić information content (AvgIpc) is 2.05. The van der Waals surface area contributed by atoms with Crippen molar-refractivity contribution < 1.29 is 13.6 Å². The van der Waals surface area contributed by atoms with Gasteiger partial charge in [-0.1, -0.05) is 30.3 Å². The van der Waals surface area contributed by atoms with E-state index in [-0.39, 0.29) is 6.54 Å². The lowest BCUT2D eigenvalue weighted by atomic mass is 10.2. The smallest absolute Gasteiger partial charge is 0.234 e. The van der Waals surface area contributed by atoms with Gasteiger partial charge in [-0.05, 0) is 5.56 Å². The van der Waals surface area contributed by atoms with E-state index in [1.165, 1.54) is 0 Å². The highest BCUT2D eigenvalue weighted by atomic mass is 19.3. The zero-order valence-corrected chi connectivity index (χ0v) is 6.34. The summed E-state index contributed by atoms with van der Waals surface area (Å²) in [5, 5.41) is 0. The minimum Gasteiger partial charge on any atom is -0.234 e. The SMILES string of the molecule is FC(F)ONCc1ccccc1. The van der Waals surface area contributed by atoms with Gasteiger partial charge in [0.2, 0.25) is 0 Å². The van der Waals surface area contributed by atoms with Crippen molar-refractivity contribution in [3.8, 4) is 0 Å². The lowest BCUT2D eigenvalue weighted by Gasteiger charge is -2.03. The summed E-state index contributed by atoms with van der Waals surface area (Å²) in [7, 11) is 0. The van der Waals surface area contributed by atoms with Crippen LogP contribution < -0.4 is 5.48 Å². The van der Waals surface area contributed by atoms with Crippen molar-refractivity contribution in [3.63, 3.8) is 0 Å². The molecule has 0 heterocycles. The van der Waals surface area contributed by atoms with Crippen LogP contribution in [-0.2, 0) is 11.4 Å². The van der Waals surface area contributed by atoms with Crippen molar-refractivity contribution in [3.05, 3.63) is 35.9 Å². The van der Waals surface area contributed by atoms with Gasteiger partial charge in [0.25, 0.3) is 0 Å². The number of halogens is 2. The van der Waals surface area contributed by atoms with E-state index >= 15 is 0 Å². The molecule has 0 aliphatic carbocycles. The number of rotatable bonds is 4. The molecule has 66 valence electrons. The van der Waals surface area contributed by atoms with Gasteiger partial charge in [-0.15, -0.1) is 0 Å². The predicted molar refractivity (Wildman–Crippen MR) is 40.4 cm³/mol. The molecular formula is C8H9F2NO. The fraction of sp³-hybridized carbons (Fsp3) is 0.250. The second-order valence-corrected chi connectivity index (χ2v) is 2.19. The van der Waals surface area contributed by atoms with E-state index in [0.29, 0.717) is 0 Å². The Labute approximate surface area is 69.1 Å². The summed E-state index contributed by atoms with van der Waals surface area (Å²) < 4.78 is 22.9. The van der Waals surface area contributed by atoms with Crippen molar-refractivity contribution in [1.82, 2.24) is 5.48 Å². The number of alkyl halides is 2. The van der Waals surface area contributed by atoms with E-state index < -0.39 is 6.61 Å². The van der Waals surface area contributed by atoms with E-state index in [4.69, 9.17) is 0 Å². The maximum absolute atomic E-state index is 11.5. The van der Waals surface area contributed by atoms with Gasteiger partial charge in [0.05, 0.1) is 0 Å². The molecule has 0 atom stereocenters. The molecule has 1 aromatic carbocycles. The Hall–Kier alpha value is -1.00. The number of hydroxylamine groups is 1. The van der Waals surface area contributed by atoms with Gasteiger partial charge in [-0.2, -0.15) is 14.3 Å². The summed E-state index contributed by atoms with van der Waals surface area (Å²) in [4.78, 5) is 3.86. The summed E-state index contributed by atoms with van der Waals surface area (Å²) in [6.07, 6.45) is 0. The molecule has 0 aliphatic heterocycles. The summed E-state index contributed by atoms with van der Waals surface area (Å²) in [5.74, 6) is 0. The van der Waals surface area contributed by atoms with Crippen LogP contribution in [0.2, 0.25) is 0 Å². The largest absolute Gasteiger partial charge is 0.360 e. The Morgan fingerprint density at radius 2 is 1.92 bits per heavy atom. The normalized spacial score (nSPS) is 10.6. The molecule has 0 bridgehead atoms. The van der Waals surface area contributed by atoms with Crippen LogP contribution in [0.25, 0.3) is 0 Å². The molecule has 0 unspecified atom stereocenters. The molecule has 0 saturated carbocycles. The molecule has 4 heteroatoms. The Morgan fingerprint density at radius 1 is 1.25 bits per heavy atom. The maximum atomic E-state index is 11.5. The van der Waals surface area contributed by atoms with Crippen LogP contribution in [0.1, 0.15) is 5.56 Å². The fourth-order valence-corrected chi connectivity index (χ4v) is 0.784. The molecule has 0 aromatic heterocycles. The fourth-order valence-electron chi connectivity index (χ4n) is 0.784. The maximum Gasteiger partial charge on any atom is 0.360 e. The first-order valence-electron chi connectivity index (χ1n) is 3.49. The van der Waals surface area contributed by atoms with Crippen LogP contribution in [0.15, 0.2) is 30.3 Å². The molecule has 12 heavy (non-hydrogen) atoms. The lowest BCUT2D eigenvalue weighted by Crippen LogP contribution is -2.17. The van der Waals surface area contributed by atoms with Crippen molar-refractivity contribution in [1.29, 1.82) is 0 Å². The van der Waals surface area contributed by atoms with Crippen LogP contribution >= 0.6 is 0 Å². The minimum atomic E-state index is -2.77. The van der Waals surface area contributed by atoms with Gasteiger partial charge in [0.1, 0.15) is 0 Å². The van der Waals surface area contributed by atoms with Crippen LogP contribution in [-0.4, -0.2) is 6.61 Å². The first-order chi connectivity index (χ1) is 5.79. The van der Waals surface area contributed by atoms with E-state index in [1.54, 1.807) is 0 Å². The number of benzene rings is 1. The van der Waals surface area contributed by atoms with E-state index in [0.717, 1.165) is 5.56 Å². The Morgan fingerprint density at radius 3 is 2.50 bits per heavy atom. The van der Waals surface area contributed by atoms with Gasteiger partial charge in [-0.25, -0.2) is 4.84 Å². The van der Waals surface area contributed by atoms with Crippen molar-refractivity contribution >= 4 is 0 Å². The third-order valence-electron chi connectivity index (χ3n) is 1.29. The average molecular weight is 173 g/mol. The van der Waals surface area contributed by atoms with E-state index in [9.17, 15) is 8.78 Å². The van der Waals surface area contributed by atoms with Gasteiger partial charge in [0.15, 0.2) is 0 Å². The van der Waals surface area contributed by atoms with Crippen molar-refractivity contribution in [2.75, 3.05) is 0 Å². The first kappa shape index (κ1) is 9.09. The number of hydrogen-bond donors (Lipinski definition) is 1. The van der Waals surface area contributed by atoms with Gasteiger partial charge in [0, 0.05) is 6.54 Å². The standard InChI is InChI=1S/C8H9F2NO/c9-8(10)12-11-6-7-4-2-1-3-5-7/h1-5,8,11H,6H2. The molecule has 0 aliphatic rings. The molecule has 1 N–H and O–H groups in total. The minimum absolute atomic E-state index is 0.283. The lowest BCUT2D eigenvalue weighted by molar-refractivity contribution is -0.175. The third-order valence-corrected chi connectivity index (χ3v) is 1.29. The highest BCUT2D eigenvalue weighted by Crippen LogP contribution is 1.98. The topological polar surface area (TPSA) is 21.3 Å². The highest BCUT2D eigenvalue weighted by Gasteiger charge is 1.99. The van der Waals surface area contributed by atoms with Crippen LogP contribution in [0, 0.1) is 0 Å². The van der Waals surface area contributed by atoms with E-state index in [2.05, 4.69) is 10.3 Å². The van der Waals surface area contributed by atoms with Gasteiger partial charge < -0.3 is 0 Å². The van der Waals surface area contributed by atoms with Crippen molar-refractivity contribution in [2.24, 2.45) is 0 Å². The second-order valence-electron chi connectivity index (χ2n) is 2.19. The molecular weight excluding hydrogens is 164 g/mol. The quantitative estimate of drug-likeness (QED) is 0.702. The van der Waals surface area contributed by atoms with Crippen LogP contribution in [0.3, 0.4) is 0 Å². The second kappa shape index (κ2) is 4.79. The number of hydrogen-bond acceptors (Lipinski definition) is 2. The van der Waals surface area contributed by atoms with Gasteiger partial charge in [-0.3, -0.25) is 0 Å². The Kier molecular flexibility index (Phi) is 3.63. The summed E-state index contributed by atoms with van der Waals surface area (Å²) in [6.45, 7) is -2.49. The summed E-state index contributed by atoms with van der Waals surface area (Å²) >= 11 is 0. The Balaban J connectivity index is 2.25. The number of nitrogens with one attached hydrogen (secondary N) is 1. The monoisotopic (exact) mass is 173 g/mol. The third kappa shape index (κ3) is 3.41. The van der Waals surface area contributed by atoms with E-state index in [1.807, 2.05) is 30.3 Å².